The van der Waals surface area contributed by atoms with Gasteiger partial charge in [0.25, 0.3) is 0 Å². The first-order valence-electron chi connectivity index (χ1n) is 8.11. The molecule has 0 saturated heterocycles. The summed E-state index contributed by atoms with van der Waals surface area (Å²) in [5.74, 6) is -0.321. The van der Waals surface area contributed by atoms with E-state index in [0.29, 0.717) is 11.4 Å². The van der Waals surface area contributed by atoms with Crippen molar-refractivity contribution in [2.24, 2.45) is 0 Å². The van der Waals surface area contributed by atoms with Crippen LogP contribution in [0.5, 0.6) is 0 Å². The van der Waals surface area contributed by atoms with Crippen LogP contribution >= 0.6 is 0 Å². The largest absolute Gasteiger partial charge is 0.444 e. The van der Waals surface area contributed by atoms with Crippen molar-refractivity contribution in [3.05, 3.63) is 59.9 Å². The lowest BCUT2D eigenvalue weighted by atomic mass is 10.2. The third-order valence-electron chi connectivity index (χ3n) is 3.15. The van der Waals surface area contributed by atoms with Crippen LogP contribution in [-0.4, -0.2) is 17.7 Å². The summed E-state index contributed by atoms with van der Waals surface area (Å²) in [6, 6.07) is 12.1. The van der Waals surface area contributed by atoms with Gasteiger partial charge >= 0.3 is 12.1 Å². The molecule has 0 radical (unpaired) electrons. The fraction of sp³-hybridized carbons (Fsp3) is 0.263. The minimum Gasteiger partial charge on any atom is -0.444 e. The van der Waals surface area contributed by atoms with Gasteiger partial charge in [-0.3, -0.25) is 5.32 Å². The molecular formula is C19H22FN3O3. The summed E-state index contributed by atoms with van der Waals surface area (Å²) in [6.45, 7) is 5.63. The molecule has 3 N–H and O–H groups in total. The number of ether oxygens (including phenoxy) is 1. The highest BCUT2D eigenvalue weighted by atomic mass is 19.1. The first-order chi connectivity index (χ1) is 12.2. The topological polar surface area (TPSA) is 79.5 Å². The molecule has 0 saturated carbocycles. The van der Waals surface area contributed by atoms with Gasteiger partial charge in [0, 0.05) is 17.9 Å². The first-order valence-corrected chi connectivity index (χ1v) is 8.11. The van der Waals surface area contributed by atoms with Crippen LogP contribution in [0.4, 0.5) is 25.4 Å². The van der Waals surface area contributed by atoms with E-state index in [1.54, 1.807) is 57.2 Å². The summed E-state index contributed by atoms with van der Waals surface area (Å²) >= 11 is 0. The zero-order chi connectivity index (χ0) is 19.2. The molecule has 0 aliphatic heterocycles. The first kappa shape index (κ1) is 19.2. The van der Waals surface area contributed by atoms with Gasteiger partial charge in [-0.05, 0) is 62.7 Å². The highest BCUT2D eigenvalue weighted by Gasteiger charge is 2.16. The standard InChI is InChI=1S/C19H22FN3O3/c1-19(2,3)26-18(25)23-16-10-8-15(9-11-16)22-17(24)21-12-13-4-6-14(20)7-5-13/h4-11H,12H2,1-3H3,(H,23,25)(H2,21,22,24). The maximum Gasteiger partial charge on any atom is 0.412 e. The minimum atomic E-state index is -0.575. The van der Waals surface area contributed by atoms with E-state index in [2.05, 4.69) is 16.0 Å². The quantitative estimate of drug-likeness (QED) is 0.752. The molecule has 2 aromatic carbocycles. The molecule has 3 amide bonds. The number of urea groups is 1. The number of anilines is 2. The second-order valence-corrected chi connectivity index (χ2v) is 6.64. The van der Waals surface area contributed by atoms with E-state index in [4.69, 9.17) is 4.74 Å². The summed E-state index contributed by atoms with van der Waals surface area (Å²) in [4.78, 5) is 23.6. The van der Waals surface area contributed by atoms with Gasteiger partial charge in [-0.1, -0.05) is 12.1 Å². The van der Waals surface area contributed by atoms with Crippen LogP contribution in [0.15, 0.2) is 48.5 Å². The van der Waals surface area contributed by atoms with E-state index in [1.165, 1.54) is 12.1 Å². The minimum absolute atomic E-state index is 0.282. The maximum absolute atomic E-state index is 12.8. The molecule has 0 atom stereocenters. The Morgan fingerprint density at radius 3 is 2.00 bits per heavy atom. The fourth-order valence-corrected chi connectivity index (χ4v) is 2.02. The Bertz CT molecular complexity index is 753. The number of benzene rings is 2. The number of hydrogen-bond donors (Lipinski definition) is 3. The van der Waals surface area contributed by atoms with Gasteiger partial charge in [-0.15, -0.1) is 0 Å². The number of nitrogens with one attached hydrogen (secondary N) is 3. The van der Waals surface area contributed by atoms with Crippen molar-refractivity contribution in [2.75, 3.05) is 10.6 Å². The average Bonchev–Trinajstić information content (AvgIpc) is 2.54. The predicted molar refractivity (Wildman–Crippen MR) is 98.6 cm³/mol. The average molecular weight is 359 g/mol. The van der Waals surface area contributed by atoms with Gasteiger partial charge in [-0.2, -0.15) is 0 Å². The van der Waals surface area contributed by atoms with Gasteiger partial charge in [0.15, 0.2) is 0 Å². The van der Waals surface area contributed by atoms with Crippen LogP contribution in [0, 0.1) is 5.82 Å². The number of rotatable bonds is 4. The van der Waals surface area contributed by atoms with Crippen LogP contribution in [0.2, 0.25) is 0 Å². The SMILES string of the molecule is CC(C)(C)OC(=O)Nc1ccc(NC(=O)NCc2ccc(F)cc2)cc1. The van der Waals surface area contributed by atoms with Crippen molar-refractivity contribution in [3.63, 3.8) is 0 Å². The second kappa shape index (κ2) is 8.33. The van der Waals surface area contributed by atoms with Crippen molar-refractivity contribution in [3.8, 4) is 0 Å². The van der Waals surface area contributed by atoms with E-state index in [-0.39, 0.29) is 18.4 Å². The molecule has 0 aromatic heterocycles. The maximum atomic E-state index is 12.8. The van der Waals surface area contributed by atoms with E-state index in [0.717, 1.165) is 5.56 Å². The van der Waals surface area contributed by atoms with Gasteiger partial charge in [0.2, 0.25) is 0 Å². The van der Waals surface area contributed by atoms with E-state index in [1.807, 2.05) is 0 Å². The van der Waals surface area contributed by atoms with Crippen LogP contribution in [0.25, 0.3) is 0 Å². The monoisotopic (exact) mass is 359 g/mol. The zero-order valence-electron chi connectivity index (χ0n) is 14.9. The van der Waals surface area contributed by atoms with Crippen LogP contribution in [0.1, 0.15) is 26.3 Å². The molecule has 0 spiro atoms. The molecule has 26 heavy (non-hydrogen) atoms. The molecule has 0 unspecified atom stereocenters. The summed E-state index contributed by atoms with van der Waals surface area (Å²) in [6.07, 6.45) is -0.546. The number of hydrogen-bond acceptors (Lipinski definition) is 3. The van der Waals surface area contributed by atoms with Gasteiger partial charge < -0.3 is 15.4 Å². The summed E-state index contributed by atoms with van der Waals surface area (Å²) in [5.41, 5.74) is 1.33. The highest BCUT2D eigenvalue weighted by molar-refractivity contribution is 5.90. The van der Waals surface area contributed by atoms with Crippen molar-refractivity contribution in [1.82, 2.24) is 5.32 Å². The Kier molecular flexibility index (Phi) is 6.16. The zero-order valence-corrected chi connectivity index (χ0v) is 14.9. The van der Waals surface area contributed by atoms with Crippen LogP contribution < -0.4 is 16.0 Å². The van der Waals surface area contributed by atoms with Gasteiger partial charge in [0.05, 0.1) is 0 Å². The molecule has 7 heteroatoms. The second-order valence-electron chi connectivity index (χ2n) is 6.64. The number of carbonyl (C=O) groups is 2. The van der Waals surface area contributed by atoms with Gasteiger partial charge in [-0.25, -0.2) is 14.0 Å². The summed E-state index contributed by atoms with van der Waals surface area (Å²) < 4.78 is 18.0. The lowest BCUT2D eigenvalue weighted by molar-refractivity contribution is 0.0636. The number of amides is 3. The van der Waals surface area contributed by atoms with Crippen molar-refractivity contribution in [2.45, 2.75) is 32.9 Å². The molecular weight excluding hydrogens is 337 g/mol. The molecule has 0 fully saturated rings. The van der Waals surface area contributed by atoms with E-state index < -0.39 is 11.7 Å². The highest BCUT2D eigenvalue weighted by Crippen LogP contribution is 2.15. The lowest BCUT2D eigenvalue weighted by Gasteiger charge is -2.19. The third kappa shape index (κ3) is 6.80. The molecule has 2 aromatic rings. The van der Waals surface area contributed by atoms with E-state index in [9.17, 15) is 14.0 Å². The molecule has 0 heterocycles. The summed E-state index contributed by atoms with van der Waals surface area (Å²) in [7, 11) is 0. The fourth-order valence-electron chi connectivity index (χ4n) is 2.02. The molecule has 6 nitrogen and oxygen atoms in total. The third-order valence-corrected chi connectivity index (χ3v) is 3.15. The normalized spacial score (nSPS) is 10.8. The molecule has 0 aliphatic carbocycles. The van der Waals surface area contributed by atoms with Gasteiger partial charge in [0.1, 0.15) is 11.4 Å². The molecule has 138 valence electrons. The Morgan fingerprint density at radius 1 is 0.923 bits per heavy atom. The lowest BCUT2D eigenvalue weighted by Crippen LogP contribution is -2.28. The van der Waals surface area contributed by atoms with Crippen LogP contribution in [0.3, 0.4) is 0 Å². The Balaban J connectivity index is 1.81. The van der Waals surface area contributed by atoms with Crippen molar-refractivity contribution in [1.29, 1.82) is 0 Å². The molecule has 2 rings (SSSR count). The van der Waals surface area contributed by atoms with Crippen LogP contribution in [-0.2, 0) is 11.3 Å². The smallest absolute Gasteiger partial charge is 0.412 e. The predicted octanol–water partition coefficient (Wildman–Crippen LogP) is 4.49. The molecule has 0 bridgehead atoms. The van der Waals surface area contributed by atoms with Crippen molar-refractivity contribution >= 4 is 23.5 Å². The number of carbonyl (C=O) groups excluding carboxylic acids is 2. The summed E-state index contributed by atoms with van der Waals surface area (Å²) in [5, 5.41) is 7.96. The van der Waals surface area contributed by atoms with E-state index >= 15 is 0 Å². The Labute approximate surface area is 151 Å². The number of halogens is 1. The van der Waals surface area contributed by atoms with Crippen molar-refractivity contribution < 1.29 is 18.7 Å². The Morgan fingerprint density at radius 2 is 1.46 bits per heavy atom. The Hall–Kier alpha value is -3.09. The molecule has 0 aliphatic rings.